The van der Waals surface area contributed by atoms with Gasteiger partial charge in [-0.2, -0.15) is 13.2 Å². The fourth-order valence-electron chi connectivity index (χ4n) is 3.88. The Morgan fingerprint density at radius 2 is 1.46 bits per heavy atom. The molecule has 0 spiro atoms. The summed E-state index contributed by atoms with van der Waals surface area (Å²) in [6.07, 6.45) is -9.13. The molecule has 2 N–H and O–H groups in total. The molecular weight excluding hydrogens is 522 g/mol. The average Bonchev–Trinajstić information content (AvgIpc) is 2.83. The number of nitrogens with one attached hydrogen (secondary N) is 2. The second-order valence-electron chi connectivity index (χ2n) is 7.99. The van der Waals surface area contributed by atoms with Crippen molar-refractivity contribution in [2.24, 2.45) is 0 Å². The summed E-state index contributed by atoms with van der Waals surface area (Å²) in [5.41, 5.74) is 0.782. The van der Waals surface area contributed by atoms with E-state index in [0.29, 0.717) is 16.7 Å². The van der Waals surface area contributed by atoms with E-state index in [1.165, 1.54) is 31.3 Å². The van der Waals surface area contributed by atoms with Gasteiger partial charge in [-0.25, -0.2) is 0 Å². The lowest BCUT2D eigenvalue weighted by Gasteiger charge is -2.23. The van der Waals surface area contributed by atoms with Gasteiger partial charge in [0.2, 0.25) is 5.91 Å². The number of benzene rings is 3. The first-order valence-electron chi connectivity index (χ1n) is 11.0. The topological polar surface area (TPSA) is 50.4 Å². The van der Waals surface area contributed by atoms with Crippen LogP contribution in [0.3, 0.4) is 0 Å². The van der Waals surface area contributed by atoms with Gasteiger partial charge in [0.25, 0.3) is 0 Å². The van der Waals surface area contributed by atoms with E-state index in [1.54, 1.807) is 36.4 Å². The molecule has 37 heavy (non-hydrogen) atoms. The summed E-state index contributed by atoms with van der Waals surface area (Å²) in [5, 5.41) is 5.73. The number of likely N-dealkylation sites (N-methyl/N-ethyl adjacent to an activating group) is 1. The third-order valence-corrected chi connectivity index (χ3v) is 5.56. The molecule has 4 nitrogen and oxygen atoms in total. The van der Waals surface area contributed by atoms with Gasteiger partial charge in [0.1, 0.15) is 11.8 Å². The van der Waals surface area contributed by atoms with Crippen LogP contribution in [-0.4, -0.2) is 25.9 Å². The van der Waals surface area contributed by atoms with E-state index in [2.05, 4.69) is 15.4 Å². The summed E-state index contributed by atoms with van der Waals surface area (Å²) in [6.45, 7) is 0.239. The highest BCUT2D eigenvalue weighted by atomic mass is 35.5. The Balaban J connectivity index is 0.00000481. The number of ether oxygens (including phenoxy) is 1. The number of carbonyl (C=O) groups is 1. The minimum Gasteiger partial charge on any atom is -0.406 e. The molecule has 200 valence electrons. The Kier molecular flexibility index (Phi) is 10.4. The lowest BCUT2D eigenvalue weighted by atomic mass is 9.87. The van der Waals surface area contributed by atoms with Gasteiger partial charge in [-0.1, -0.05) is 54.6 Å². The number of hydrogen-bond donors (Lipinski definition) is 2. The number of carbonyl (C=O) groups excluding carboxylic acids is 1. The summed E-state index contributed by atoms with van der Waals surface area (Å²) < 4.78 is 81.4. The molecule has 0 saturated carbocycles. The molecule has 0 bridgehead atoms. The Morgan fingerprint density at radius 3 is 2.03 bits per heavy atom. The van der Waals surface area contributed by atoms with Crippen LogP contribution < -0.4 is 15.4 Å². The van der Waals surface area contributed by atoms with Crippen LogP contribution in [0.5, 0.6) is 5.75 Å². The Bertz CT molecular complexity index is 1140. The minimum atomic E-state index is -4.89. The van der Waals surface area contributed by atoms with Crippen molar-refractivity contribution in [1.29, 1.82) is 0 Å². The van der Waals surface area contributed by atoms with Crippen molar-refractivity contribution in [3.63, 3.8) is 0 Å². The first-order valence-corrected chi connectivity index (χ1v) is 11.0. The molecule has 0 fully saturated rings. The molecule has 0 heterocycles. The first kappa shape index (κ1) is 30.0. The molecule has 11 heteroatoms. The van der Waals surface area contributed by atoms with Crippen molar-refractivity contribution in [1.82, 2.24) is 10.6 Å². The number of hydrogen-bond acceptors (Lipinski definition) is 3. The van der Waals surface area contributed by atoms with Gasteiger partial charge in [0, 0.05) is 13.0 Å². The van der Waals surface area contributed by atoms with E-state index < -0.39 is 35.8 Å². The van der Waals surface area contributed by atoms with E-state index in [1.807, 2.05) is 0 Å². The predicted octanol–water partition coefficient (Wildman–Crippen LogP) is 6.62. The third-order valence-electron chi connectivity index (χ3n) is 5.56. The highest BCUT2D eigenvalue weighted by Gasteiger charge is 2.32. The van der Waals surface area contributed by atoms with Crippen molar-refractivity contribution < 1.29 is 35.9 Å². The number of rotatable bonds is 9. The second-order valence-corrected chi connectivity index (χ2v) is 7.99. The van der Waals surface area contributed by atoms with Gasteiger partial charge >= 0.3 is 12.5 Å². The maximum absolute atomic E-state index is 13.0. The van der Waals surface area contributed by atoms with E-state index >= 15 is 0 Å². The molecule has 1 amide bonds. The minimum absolute atomic E-state index is 0. The molecule has 3 rings (SSSR count). The molecule has 3 aromatic rings. The van der Waals surface area contributed by atoms with Gasteiger partial charge in [-0.3, -0.25) is 4.79 Å². The molecule has 0 aliphatic heterocycles. The SMILES string of the molecule is CNC(=O)[C@@H](NCC[C@H](c1ccc(C(F)(F)F)cc1)c1cccc(OC(F)(F)F)c1)c1ccccc1.Cl. The molecule has 0 saturated heterocycles. The number of amides is 1. The summed E-state index contributed by atoms with van der Waals surface area (Å²) in [7, 11) is 1.50. The van der Waals surface area contributed by atoms with Crippen LogP contribution >= 0.6 is 12.4 Å². The summed E-state index contributed by atoms with van der Waals surface area (Å²) >= 11 is 0. The lowest BCUT2D eigenvalue weighted by molar-refractivity contribution is -0.274. The summed E-state index contributed by atoms with van der Waals surface area (Å²) in [5.74, 6) is -1.29. The largest absolute Gasteiger partial charge is 0.573 e. The van der Waals surface area contributed by atoms with Crippen LogP contribution in [0.15, 0.2) is 78.9 Å². The van der Waals surface area contributed by atoms with Crippen LogP contribution in [0.4, 0.5) is 26.3 Å². The molecule has 0 aliphatic carbocycles. The summed E-state index contributed by atoms with van der Waals surface area (Å²) in [4.78, 5) is 12.4. The van der Waals surface area contributed by atoms with Crippen LogP contribution in [0.25, 0.3) is 0 Å². The zero-order chi connectivity index (χ0) is 26.3. The van der Waals surface area contributed by atoms with E-state index in [4.69, 9.17) is 0 Å². The number of halogens is 7. The van der Waals surface area contributed by atoms with Gasteiger partial charge in [0.15, 0.2) is 0 Å². The molecule has 0 aromatic heterocycles. The van der Waals surface area contributed by atoms with Gasteiger partial charge in [-0.15, -0.1) is 25.6 Å². The monoisotopic (exact) mass is 546 g/mol. The quantitative estimate of drug-likeness (QED) is 0.296. The predicted molar refractivity (Wildman–Crippen MR) is 130 cm³/mol. The van der Waals surface area contributed by atoms with Crippen molar-refractivity contribution in [3.8, 4) is 5.75 Å². The fourth-order valence-corrected chi connectivity index (χ4v) is 3.88. The third kappa shape index (κ3) is 8.68. The standard InChI is InChI=1S/C26H24F6N2O2.ClH/c1-33-24(35)23(18-6-3-2-4-7-18)34-15-14-22(17-10-12-20(13-11-17)25(27,28)29)19-8-5-9-21(16-19)36-26(30,31)32;/h2-13,16,22-23,34H,14-15H2,1H3,(H,33,35);1H/t22-,23+;/m1./s1. The van der Waals surface area contributed by atoms with Gasteiger partial charge < -0.3 is 15.4 Å². The van der Waals surface area contributed by atoms with Crippen LogP contribution in [0.2, 0.25) is 0 Å². The lowest BCUT2D eigenvalue weighted by Crippen LogP contribution is -2.36. The fraction of sp³-hybridized carbons (Fsp3) is 0.269. The normalized spacial score (nSPS) is 13.3. The van der Waals surface area contributed by atoms with Crippen molar-refractivity contribution in [3.05, 3.63) is 101 Å². The molecule has 2 atom stereocenters. The van der Waals surface area contributed by atoms with Gasteiger partial charge in [-0.05, 0) is 53.9 Å². The van der Waals surface area contributed by atoms with E-state index in [9.17, 15) is 31.1 Å². The van der Waals surface area contributed by atoms with Gasteiger partial charge in [0.05, 0.1) is 5.56 Å². The summed E-state index contributed by atoms with van der Waals surface area (Å²) in [6, 6.07) is 18.0. The Labute approximate surface area is 216 Å². The highest BCUT2D eigenvalue weighted by Crippen LogP contribution is 2.35. The molecule has 0 unspecified atom stereocenters. The Hall–Kier alpha value is -3.24. The van der Waals surface area contributed by atoms with E-state index in [0.717, 1.165) is 18.2 Å². The smallest absolute Gasteiger partial charge is 0.406 e. The second kappa shape index (κ2) is 12.8. The van der Waals surface area contributed by atoms with Crippen LogP contribution in [0, 0.1) is 0 Å². The zero-order valence-electron chi connectivity index (χ0n) is 19.6. The first-order chi connectivity index (χ1) is 17.0. The Morgan fingerprint density at radius 1 is 0.838 bits per heavy atom. The maximum Gasteiger partial charge on any atom is 0.573 e. The molecule has 3 aromatic carbocycles. The molecule has 0 radical (unpaired) electrons. The highest BCUT2D eigenvalue weighted by molar-refractivity contribution is 5.85. The van der Waals surface area contributed by atoms with Crippen molar-refractivity contribution >= 4 is 18.3 Å². The van der Waals surface area contributed by atoms with Crippen molar-refractivity contribution in [2.75, 3.05) is 13.6 Å². The van der Waals surface area contributed by atoms with Crippen molar-refractivity contribution in [2.45, 2.75) is 30.9 Å². The average molecular weight is 547 g/mol. The van der Waals surface area contributed by atoms with Crippen LogP contribution in [0.1, 0.15) is 40.6 Å². The van der Waals surface area contributed by atoms with Crippen LogP contribution in [-0.2, 0) is 11.0 Å². The number of alkyl halides is 6. The molecular formula is C26H25ClF6N2O2. The van der Waals surface area contributed by atoms with E-state index in [-0.39, 0.29) is 31.3 Å². The molecule has 0 aliphatic rings. The maximum atomic E-state index is 13.0. The zero-order valence-corrected chi connectivity index (χ0v) is 20.4.